The van der Waals surface area contributed by atoms with Gasteiger partial charge in [0.1, 0.15) is 0 Å². The number of nitrogens with one attached hydrogen (secondary N) is 2. The second-order valence-electron chi connectivity index (χ2n) is 5.62. The molecule has 1 amide bonds. The van der Waals surface area contributed by atoms with Crippen molar-refractivity contribution >= 4 is 23.6 Å². The van der Waals surface area contributed by atoms with E-state index < -0.39 is 0 Å². The van der Waals surface area contributed by atoms with Crippen LogP contribution in [0.2, 0.25) is 0 Å². The maximum absolute atomic E-state index is 11.5. The van der Waals surface area contributed by atoms with Crippen molar-refractivity contribution in [3.8, 4) is 0 Å². The van der Waals surface area contributed by atoms with E-state index in [9.17, 15) is 4.79 Å². The number of amides is 1. The molecule has 6 heteroatoms. The van der Waals surface area contributed by atoms with Gasteiger partial charge in [-0.25, -0.2) is 0 Å². The minimum absolute atomic E-state index is 0.314. The largest absolute Gasteiger partial charge is 0.357 e. The van der Waals surface area contributed by atoms with Crippen LogP contribution < -0.4 is 10.6 Å². The highest BCUT2D eigenvalue weighted by Crippen LogP contribution is 2.25. The van der Waals surface area contributed by atoms with Crippen LogP contribution >= 0.6 is 11.8 Å². The van der Waals surface area contributed by atoms with Crippen LogP contribution in [0.3, 0.4) is 0 Å². The predicted octanol–water partition coefficient (Wildman–Crippen LogP) is 1.45. The van der Waals surface area contributed by atoms with Gasteiger partial charge >= 0.3 is 0 Å². The number of likely N-dealkylation sites (tertiary alicyclic amines) is 1. The molecule has 2 aliphatic rings. The van der Waals surface area contributed by atoms with E-state index in [4.69, 9.17) is 0 Å². The van der Waals surface area contributed by atoms with Crippen LogP contribution in [-0.4, -0.2) is 60.5 Å². The maximum Gasteiger partial charge on any atom is 0.222 e. The van der Waals surface area contributed by atoms with Gasteiger partial charge in [0.05, 0.1) is 6.54 Å². The topological polar surface area (TPSA) is 56.7 Å². The smallest absolute Gasteiger partial charge is 0.222 e. The Kier molecular flexibility index (Phi) is 7.19. The van der Waals surface area contributed by atoms with Crippen LogP contribution in [0.4, 0.5) is 0 Å². The molecule has 21 heavy (non-hydrogen) atoms. The minimum Gasteiger partial charge on any atom is -0.357 e. The summed E-state index contributed by atoms with van der Waals surface area (Å²) in [6.07, 6.45) is 5.36. The predicted molar refractivity (Wildman–Crippen MR) is 89.9 cm³/mol. The number of carbonyl (C=O) groups is 1. The quantitative estimate of drug-likeness (QED) is 0.424. The van der Waals surface area contributed by atoms with Crippen LogP contribution in [0.1, 0.15) is 39.0 Å². The van der Waals surface area contributed by atoms with Gasteiger partial charge in [-0.2, -0.15) is 11.8 Å². The first-order valence-corrected chi connectivity index (χ1v) is 9.26. The summed E-state index contributed by atoms with van der Waals surface area (Å²) in [5.74, 6) is 2.51. The molecule has 0 aromatic carbocycles. The summed E-state index contributed by atoms with van der Waals surface area (Å²) in [4.78, 5) is 18.2. The van der Waals surface area contributed by atoms with Crippen LogP contribution in [0.5, 0.6) is 0 Å². The van der Waals surface area contributed by atoms with Gasteiger partial charge in [0, 0.05) is 37.8 Å². The number of carbonyl (C=O) groups excluding carboxylic acids is 1. The summed E-state index contributed by atoms with van der Waals surface area (Å²) in [5, 5.41) is 7.36. The first-order chi connectivity index (χ1) is 10.3. The number of guanidine groups is 1. The van der Waals surface area contributed by atoms with Crippen molar-refractivity contribution < 1.29 is 4.79 Å². The lowest BCUT2D eigenvalue weighted by Gasteiger charge is -2.16. The first-order valence-electron chi connectivity index (χ1n) is 8.21. The SMILES string of the molecule is CCNC(=NCC1CCCS1)NCCCN1CCCC1=O. The van der Waals surface area contributed by atoms with Crippen LogP contribution in [0, 0.1) is 0 Å². The molecule has 0 spiro atoms. The number of nitrogens with zero attached hydrogens (tertiary/aromatic N) is 2. The first kappa shape index (κ1) is 16.5. The standard InChI is InChI=1S/C15H28N4OS/c1-2-16-15(18-12-13-6-4-11-21-13)17-8-5-10-19-9-3-7-14(19)20/h13H,2-12H2,1H3,(H2,16,17,18). The normalized spacial score (nSPS) is 22.9. The van der Waals surface area contributed by atoms with E-state index in [2.05, 4.69) is 22.5 Å². The minimum atomic E-state index is 0.314. The van der Waals surface area contributed by atoms with Gasteiger partial charge in [-0.05, 0) is 38.4 Å². The summed E-state index contributed by atoms with van der Waals surface area (Å²) in [5.41, 5.74) is 0. The summed E-state index contributed by atoms with van der Waals surface area (Å²) in [6, 6.07) is 0. The number of thioether (sulfide) groups is 1. The molecule has 0 radical (unpaired) electrons. The Morgan fingerprint density at radius 1 is 1.43 bits per heavy atom. The Morgan fingerprint density at radius 2 is 2.33 bits per heavy atom. The second kappa shape index (κ2) is 9.18. The Balaban J connectivity index is 1.64. The van der Waals surface area contributed by atoms with Crippen LogP contribution in [0.25, 0.3) is 0 Å². The zero-order valence-electron chi connectivity index (χ0n) is 13.1. The molecule has 2 N–H and O–H groups in total. The highest BCUT2D eigenvalue weighted by atomic mass is 32.2. The van der Waals surface area contributed by atoms with Gasteiger partial charge in [0.2, 0.25) is 5.91 Å². The van der Waals surface area contributed by atoms with Gasteiger partial charge < -0.3 is 15.5 Å². The Hall–Kier alpha value is -0.910. The molecule has 1 atom stereocenters. The summed E-state index contributed by atoms with van der Waals surface area (Å²) in [6.45, 7) is 6.55. The van der Waals surface area contributed by atoms with E-state index >= 15 is 0 Å². The van der Waals surface area contributed by atoms with Crippen molar-refractivity contribution in [1.29, 1.82) is 0 Å². The van der Waals surface area contributed by atoms with Gasteiger partial charge in [-0.15, -0.1) is 0 Å². The maximum atomic E-state index is 11.5. The molecule has 0 bridgehead atoms. The fourth-order valence-corrected chi connectivity index (χ4v) is 3.92. The van der Waals surface area contributed by atoms with Crippen molar-refractivity contribution in [2.24, 2.45) is 4.99 Å². The molecule has 2 fully saturated rings. The molecular formula is C15H28N4OS. The molecule has 2 rings (SSSR count). The van der Waals surface area contributed by atoms with Crippen LogP contribution in [0.15, 0.2) is 4.99 Å². The fourth-order valence-electron chi connectivity index (χ4n) is 2.74. The van der Waals surface area contributed by atoms with Crippen molar-refractivity contribution in [2.45, 2.75) is 44.3 Å². The Morgan fingerprint density at radius 3 is 3.00 bits per heavy atom. The summed E-state index contributed by atoms with van der Waals surface area (Å²) < 4.78 is 0. The van der Waals surface area contributed by atoms with E-state index in [0.717, 1.165) is 57.9 Å². The van der Waals surface area contributed by atoms with Gasteiger partial charge in [0.15, 0.2) is 5.96 Å². The Bertz CT molecular complexity index is 356. The van der Waals surface area contributed by atoms with E-state index in [1.807, 2.05) is 16.7 Å². The van der Waals surface area contributed by atoms with E-state index in [1.54, 1.807) is 0 Å². The highest BCUT2D eigenvalue weighted by molar-refractivity contribution is 8.00. The van der Waals surface area contributed by atoms with E-state index in [-0.39, 0.29) is 0 Å². The highest BCUT2D eigenvalue weighted by Gasteiger charge is 2.19. The molecule has 0 aliphatic carbocycles. The van der Waals surface area contributed by atoms with Gasteiger partial charge in [0.25, 0.3) is 0 Å². The zero-order valence-corrected chi connectivity index (χ0v) is 13.9. The molecule has 2 saturated heterocycles. The van der Waals surface area contributed by atoms with E-state index in [1.165, 1.54) is 18.6 Å². The van der Waals surface area contributed by atoms with Crippen molar-refractivity contribution in [1.82, 2.24) is 15.5 Å². The lowest BCUT2D eigenvalue weighted by atomic mass is 10.2. The number of aliphatic imine (C=N–C) groups is 1. The summed E-state index contributed by atoms with van der Waals surface area (Å²) >= 11 is 2.04. The summed E-state index contributed by atoms with van der Waals surface area (Å²) in [7, 11) is 0. The van der Waals surface area contributed by atoms with Gasteiger partial charge in [-0.1, -0.05) is 0 Å². The molecule has 1 unspecified atom stereocenters. The van der Waals surface area contributed by atoms with Crippen molar-refractivity contribution in [2.75, 3.05) is 38.5 Å². The van der Waals surface area contributed by atoms with Gasteiger partial charge in [-0.3, -0.25) is 9.79 Å². The molecular weight excluding hydrogens is 284 g/mol. The third kappa shape index (κ3) is 5.77. The lowest BCUT2D eigenvalue weighted by molar-refractivity contribution is -0.127. The molecule has 2 aliphatic heterocycles. The monoisotopic (exact) mass is 312 g/mol. The lowest BCUT2D eigenvalue weighted by Crippen LogP contribution is -2.39. The number of hydrogen-bond donors (Lipinski definition) is 2. The fraction of sp³-hybridized carbons (Fsp3) is 0.867. The molecule has 0 saturated carbocycles. The molecule has 5 nitrogen and oxygen atoms in total. The zero-order chi connectivity index (χ0) is 14.9. The molecule has 2 heterocycles. The average molecular weight is 312 g/mol. The third-order valence-electron chi connectivity index (χ3n) is 3.89. The molecule has 0 aromatic heterocycles. The van der Waals surface area contributed by atoms with Crippen LogP contribution in [-0.2, 0) is 4.79 Å². The third-order valence-corrected chi connectivity index (χ3v) is 5.27. The number of rotatable bonds is 7. The van der Waals surface area contributed by atoms with Crippen molar-refractivity contribution in [3.05, 3.63) is 0 Å². The molecule has 0 aromatic rings. The average Bonchev–Trinajstić information content (AvgIpc) is 3.13. The number of hydrogen-bond acceptors (Lipinski definition) is 3. The Labute approximate surface area is 132 Å². The second-order valence-corrected chi connectivity index (χ2v) is 7.03. The van der Waals surface area contributed by atoms with E-state index in [0.29, 0.717) is 11.2 Å². The molecule has 120 valence electrons. The van der Waals surface area contributed by atoms with Crippen molar-refractivity contribution in [3.63, 3.8) is 0 Å².